The molecule has 0 bridgehead atoms. The fourth-order valence-corrected chi connectivity index (χ4v) is 6.27. The second-order valence-electron chi connectivity index (χ2n) is 7.57. The normalized spacial score (nSPS) is 17.6. The number of sulfone groups is 1. The predicted molar refractivity (Wildman–Crippen MR) is 123 cm³/mol. The number of carbonyl (C=O) groups is 1. The van der Waals surface area contributed by atoms with Crippen LogP contribution in [0.4, 0.5) is 5.69 Å². The minimum atomic E-state index is -3.13. The summed E-state index contributed by atoms with van der Waals surface area (Å²) in [5.74, 6) is 0.304. The number of hydrogen-bond donors (Lipinski definition) is 1. The quantitative estimate of drug-likeness (QED) is 0.431. The Morgan fingerprint density at radius 3 is 2.69 bits per heavy atom. The first-order valence-corrected chi connectivity index (χ1v) is 12.9. The number of para-hydroxylation sites is 2. The minimum absolute atomic E-state index is 0.0242. The molecular weight excluding hydrogens is 448 g/mol. The molecule has 1 saturated heterocycles. The number of benzene rings is 2. The first kappa shape index (κ1) is 20.8. The van der Waals surface area contributed by atoms with Gasteiger partial charge in [0.05, 0.1) is 28.9 Å². The molecule has 5 rings (SSSR count). The van der Waals surface area contributed by atoms with Crippen molar-refractivity contribution in [3.63, 3.8) is 0 Å². The van der Waals surface area contributed by atoms with E-state index >= 15 is 0 Å². The van der Waals surface area contributed by atoms with E-state index in [2.05, 4.69) is 15.2 Å². The van der Waals surface area contributed by atoms with Crippen LogP contribution in [-0.2, 0) is 14.6 Å². The number of H-pyrrole nitrogens is 1. The van der Waals surface area contributed by atoms with Gasteiger partial charge in [0.2, 0.25) is 5.91 Å². The van der Waals surface area contributed by atoms with Gasteiger partial charge in [-0.1, -0.05) is 48.2 Å². The second-order valence-corrected chi connectivity index (χ2v) is 10.7. The molecule has 0 saturated carbocycles. The molecule has 1 fully saturated rings. The van der Waals surface area contributed by atoms with Gasteiger partial charge in [0.1, 0.15) is 0 Å². The van der Waals surface area contributed by atoms with Gasteiger partial charge in [-0.15, -0.1) is 10.2 Å². The molecule has 1 N–H and O–H groups in total. The van der Waals surface area contributed by atoms with Crippen LogP contribution in [0.1, 0.15) is 6.42 Å². The molecule has 1 aliphatic heterocycles. The van der Waals surface area contributed by atoms with E-state index in [1.165, 1.54) is 0 Å². The highest BCUT2D eigenvalue weighted by molar-refractivity contribution is 7.99. The van der Waals surface area contributed by atoms with Gasteiger partial charge in [0, 0.05) is 22.8 Å². The SMILES string of the molecule is O=C(CSc1nnc(-c2c[nH]c3ccccc23)o1)N(c1ccccc1)[C@@H]1CCS(=O)(=O)C1. The highest BCUT2D eigenvalue weighted by atomic mass is 32.2. The van der Waals surface area contributed by atoms with Crippen molar-refractivity contribution in [3.8, 4) is 11.5 Å². The predicted octanol–water partition coefficient (Wildman–Crippen LogP) is 3.53. The summed E-state index contributed by atoms with van der Waals surface area (Å²) in [6.07, 6.45) is 2.24. The number of nitrogens with one attached hydrogen (secondary N) is 1. The Morgan fingerprint density at radius 1 is 1.12 bits per heavy atom. The lowest BCUT2D eigenvalue weighted by Gasteiger charge is -2.28. The molecule has 8 nitrogen and oxygen atoms in total. The third kappa shape index (κ3) is 4.15. The number of aromatic amines is 1. The maximum Gasteiger partial charge on any atom is 0.277 e. The van der Waals surface area contributed by atoms with Crippen LogP contribution in [0.2, 0.25) is 0 Å². The maximum absolute atomic E-state index is 13.1. The zero-order valence-electron chi connectivity index (χ0n) is 17.0. The van der Waals surface area contributed by atoms with Gasteiger partial charge in [0.15, 0.2) is 9.84 Å². The molecule has 4 aromatic rings. The van der Waals surface area contributed by atoms with Crippen molar-refractivity contribution in [2.45, 2.75) is 17.7 Å². The molecule has 1 atom stereocenters. The molecule has 164 valence electrons. The van der Waals surface area contributed by atoms with Crippen molar-refractivity contribution >= 4 is 44.1 Å². The van der Waals surface area contributed by atoms with Crippen LogP contribution >= 0.6 is 11.8 Å². The van der Waals surface area contributed by atoms with Gasteiger partial charge in [-0.05, 0) is 24.6 Å². The van der Waals surface area contributed by atoms with Crippen LogP contribution in [0.5, 0.6) is 0 Å². The topological polar surface area (TPSA) is 109 Å². The van der Waals surface area contributed by atoms with Crippen LogP contribution in [0.15, 0.2) is 70.4 Å². The average Bonchev–Trinajstić information content (AvgIpc) is 3.51. The van der Waals surface area contributed by atoms with Gasteiger partial charge in [-0.3, -0.25) is 4.79 Å². The lowest BCUT2D eigenvalue weighted by molar-refractivity contribution is -0.116. The van der Waals surface area contributed by atoms with E-state index in [-0.39, 0.29) is 34.4 Å². The van der Waals surface area contributed by atoms with Crippen molar-refractivity contribution in [2.75, 3.05) is 22.2 Å². The van der Waals surface area contributed by atoms with Gasteiger partial charge in [-0.2, -0.15) is 0 Å². The number of hydrogen-bond acceptors (Lipinski definition) is 7. The highest BCUT2D eigenvalue weighted by Crippen LogP contribution is 2.30. The lowest BCUT2D eigenvalue weighted by Crippen LogP contribution is -2.42. The van der Waals surface area contributed by atoms with Crippen molar-refractivity contribution in [1.82, 2.24) is 15.2 Å². The van der Waals surface area contributed by atoms with Crippen LogP contribution < -0.4 is 4.90 Å². The minimum Gasteiger partial charge on any atom is -0.411 e. The molecule has 0 unspecified atom stereocenters. The van der Waals surface area contributed by atoms with E-state index in [0.717, 1.165) is 28.2 Å². The largest absolute Gasteiger partial charge is 0.411 e. The van der Waals surface area contributed by atoms with E-state index in [1.54, 1.807) is 4.90 Å². The fraction of sp³-hybridized carbons (Fsp3) is 0.227. The Morgan fingerprint density at radius 2 is 1.91 bits per heavy atom. The maximum atomic E-state index is 13.1. The van der Waals surface area contributed by atoms with E-state index in [1.807, 2.05) is 60.8 Å². The highest BCUT2D eigenvalue weighted by Gasteiger charge is 2.35. The van der Waals surface area contributed by atoms with Gasteiger partial charge in [-0.25, -0.2) is 8.42 Å². The van der Waals surface area contributed by atoms with Crippen molar-refractivity contribution in [3.05, 3.63) is 60.8 Å². The first-order chi connectivity index (χ1) is 15.5. The van der Waals surface area contributed by atoms with Gasteiger partial charge in [0.25, 0.3) is 11.1 Å². The smallest absolute Gasteiger partial charge is 0.277 e. The molecular formula is C22H20N4O4S2. The van der Waals surface area contributed by atoms with Crippen LogP contribution in [0, 0.1) is 0 Å². The van der Waals surface area contributed by atoms with Gasteiger partial charge >= 0.3 is 0 Å². The molecule has 0 radical (unpaired) electrons. The number of thioether (sulfide) groups is 1. The molecule has 1 amide bonds. The third-order valence-electron chi connectivity index (χ3n) is 5.42. The number of fused-ring (bicyclic) bond motifs is 1. The molecule has 2 aromatic heterocycles. The Balaban J connectivity index is 1.33. The lowest BCUT2D eigenvalue weighted by atomic mass is 10.2. The van der Waals surface area contributed by atoms with Crippen LogP contribution in [0.25, 0.3) is 22.4 Å². The van der Waals surface area contributed by atoms with Gasteiger partial charge < -0.3 is 14.3 Å². The van der Waals surface area contributed by atoms with Crippen LogP contribution in [0.3, 0.4) is 0 Å². The number of amides is 1. The Hall–Kier alpha value is -3.11. The van der Waals surface area contributed by atoms with Crippen molar-refractivity contribution in [1.29, 1.82) is 0 Å². The molecule has 10 heteroatoms. The zero-order chi connectivity index (χ0) is 22.1. The molecule has 1 aliphatic rings. The second kappa shape index (κ2) is 8.44. The number of aromatic nitrogens is 3. The summed E-state index contributed by atoms with van der Waals surface area (Å²) in [7, 11) is -3.13. The summed E-state index contributed by atoms with van der Waals surface area (Å²) in [4.78, 5) is 17.9. The summed E-state index contributed by atoms with van der Waals surface area (Å²) < 4.78 is 29.8. The summed E-state index contributed by atoms with van der Waals surface area (Å²) >= 11 is 1.14. The van der Waals surface area contributed by atoms with Crippen molar-refractivity contribution in [2.24, 2.45) is 0 Å². The number of carbonyl (C=O) groups excluding carboxylic acids is 1. The first-order valence-electron chi connectivity index (χ1n) is 10.1. The van der Waals surface area contributed by atoms with E-state index in [0.29, 0.717) is 18.0 Å². The third-order valence-corrected chi connectivity index (χ3v) is 7.98. The average molecular weight is 469 g/mol. The number of rotatable bonds is 6. The molecule has 0 spiro atoms. The Labute approximate surface area is 188 Å². The Kier molecular flexibility index (Phi) is 5.48. The summed E-state index contributed by atoms with van der Waals surface area (Å²) in [6.45, 7) is 0. The summed E-state index contributed by atoms with van der Waals surface area (Å²) in [6, 6.07) is 16.6. The fourth-order valence-electron chi connectivity index (χ4n) is 3.94. The molecule has 32 heavy (non-hydrogen) atoms. The van der Waals surface area contributed by atoms with E-state index in [9.17, 15) is 13.2 Å². The number of nitrogens with zero attached hydrogens (tertiary/aromatic N) is 3. The number of anilines is 1. The van der Waals surface area contributed by atoms with Crippen LogP contribution in [-0.4, -0.2) is 52.8 Å². The molecule has 0 aliphatic carbocycles. The summed E-state index contributed by atoms with van der Waals surface area (Å²) in [5, 5.41) is 9.45. The summed E-state index contributed by atoms with van der Waals surface area (Å²) in [5.41, 5.74) is 2.45. The molecule has 2 aromatic carbocycles. The molecule has 3 heterocycles. The zero-order valence-corrected chi connectivity index (χ0v) is 18.6. The standard InChI is InChI=1S/C22H20N4O4S2/c27-20(26(15-6-2-1-3-7-15)16-10-11-32(28,29)14-16)13-31-22-25-24-21(30-22)18-12-23-19-9-5-4-8-17(18)19/h1-9,12,16,23H,10-11,13-14H2/t16-/m1/s1. The monoisotopic (exact) mass is 468 g/mol. The van der Waals surface area contributed by atoms with E-state index < -0.39 is 9.84 Å². The van der Waals surface area contributed by atoms with Crippen molar-refractivity contribution < 1.29 is 17.6 Å². The van der Waals surface area contributed by atoms with E-state index in [4.69, 9.17) is 4.42 Å². The Bertz CT molecular complexity index is 1360.